The van der Waals surface area contributed by atoms with E-state index in [0.717, 1.165) is 25.7 Å². The average Bonchev–Trinajstić information content (AvgIpc) is 2.98. The molecule has 0 atom stereocenters. The number of carbonyl (C=O) groups is 1. The first-order valence-corrected chi connectivity index (χ1v) is 9.19. The van der Waals surface area contributed by atoms with Crippen LogP contribution in [0.2, 0.25) is 0 Å². The van der Waals surface area contributed by atoms with Gasteiger partial charge in [-0.3, -0.25) is 13.9 Å². The summed E-state index contributed by atoms with van der Waals surface area (Å²) in [6.07, 6.45) is 6.25. The molecule has 0 aliphatic carbocycles. The van der Waals surface area contributed by atoms with Crippen molar-refractivity contribution in [2.24, 2.45) is 0 Å². The zero-order valence-corrected chi connectivity index (χ0v) is 15.5. The highest BCUT2D eigenvalue weighted by atomic mass is 16.2. The first-order chi connectivity index (χ1) is 12.0. The van der Waals surface area contributed by atoms with Gasteiger partial charge in [0.2, 0.25) is 0 Å². The van der Waals surface area contributed by atoms with E-state index < -0.39 is 0 Å². The largest absolute Gasteiger partial charge is 0.332 e. The van der Waals surface area contributed by atoms with Crippen molar-refractivity contribution in [1.82, 2.24) is 18.7 Å². The van der Waals surface area contributed by atoms with Crippen molar-refractivity contribution in [2.45, 2.75) is 78.9 Å². The van der Waals surface area contributed by atoms with E-state index in [9.17, 15) is 14.4 Å². The zero-order valence-electron chi connectivity index (χ0n) is 15.5. The van der Waals surface area contributed by atoms with Crippen molar-refractivity contribution >= 4 is 16.9 Å². The van der Waals surface area contributed by atoms with Crippen molar-refractivity contribution in [2.75, 3.05) is 0 Å². The number of carbonyl (C=O) groups excluding carboxylic acids is 1. The molecule has 2 rings (SSSR count). The summed E-state index contributed by atoms with van der Waals surface area (Å²) in [5.41, 5.74) is 0.379. The Kier molecular flexibility index (Phi) is 6.73. The third kappa shape index (κ3) is 4.27. The second-order valence-corrected chi connectivity index (χ2v) is 6.51. The molecule has 0 N–H and O–H groups in total. The minimum absolute atomic E-state index is 0.129. The van der Waals surface area contributed by atoms with Crippen LogP contribution in [0.25, 0.3) is 11.2 Å². The Morgan fingerprint density at radius 3 is 2.24 bits per heavy atom. The molecule has 138 valence electrons. The molecule has 0 radical (unpaired) electrons. The standard InChI is InChI=1S/C18H28N4O3/c1-4-6-11-21-16-15(17(24)22(18(21)25)12-7-5-2)20(13-19-16)10-8-9-14(3)23/h13H,4-12H2,1-3H3. The molecule has 0 spiro atoms. The summed E-state index contributed by atoms with van der Waals surface area (Å²) >= 11 is 0. The minimum Gasteiger partial charge on any atom is -0.325 e. The van der Waals surface area contributed by atoms with Gasteiger partial charge >= 0.3 is 5.69 Å². The lowest BCUT2D eigenvalue weighted by atomic mass is 10.2. The van der Waals surface area contributed by atoms with Gasteiger partial charge in [0.25, 0.3) is 5.56 Å². The fraction of sp³-hybridized carbons (Fsp3) is 0.667. The van der Waals surface area contributed by atoms with Gasteiger partial charge in [-0.15, -0.1) is 0 Å². The van der Waals surface area contributed by atoms with Crippen LogP contribution in [0.5, 0.6) is 0 Å². The number of unbranched alkanes of at least 4 members (excludes halogenated alkanes) is 2. The SMILES string of the molecule is CCCCn1c(=O)c2c(ncn2CCCC(C)=O)n(CCCC)c1=O. The molecule has 0 aliphatic rings. The molecule has 2 heterocycles. The fourth-order valence-corrected chi connectivity index (χ4v) is 2.94. The zero-order chi connectivity index (χ0) is 18.4. The highest BCUT2D eigenvalue weighted by Gasteiger charge is 2.17. The van der Waals surface area contributed by atoms with Crippen LogP contribution in [0.15, 0.2) is 15.9 Å². The van der Waals surface area contributed by atoms with Gasteiger partial charge in [-0.2, -0.15) is 0 Å². The molecule has 2 aromatic rings. The van der Waals surface area contributed by atoms with Gasteiger partial charge in [0.05, 0.1) is 6.33 Å². The number of Topliss-reactive ketones (excluding diaryl/α,β-unsaturated/α-hetero) is 1. The van der Waals surface area contributed by atoms with Gasteiger partial charge in [0, 0.05) is 26.1 Å². The third-order valence-electron chi connectivity index (χ3n) is 4.38. The van der Waals surface area contributed by atoms with Crippen LogP contribution in [0.4, 0.5) is 0 Å². The predicted molar refractivity (Wildman–Crippen MR) is 98.0 cm³/mol. The van der Waals surface area contributed by atoms with Crippen molar-refractivity contribution in [3.8, 4) is 0 Å². The molecule has 0 amide bonds. The molecule has 0 saturated heterocycles. The fourth-order valence-electron chi connectivity index (χ4n) is 2.94. The number of aryl methyl sites for hydroxylation is 2. The molecule has 25 heavy (non-hydrogen) atoms. The van der Waals surface area contributed by atoms with Crippen molar-refractivity contribution in [3.63, 3.8) is 0 Å². The van der Waals surface area contributed by atoms with Crippen LogP contribution in [-0.4, -0.2) is 24.5 Å². The lowest BCUT2D eigenvalue weighted by molar-refractivity contribution is -0.117. The number of rotatable bonds is 10. The van der Waals surface area contributed by atoms with Crippen LogP contribution in [0, 0.1) is 0 Å². The molecular formula is C18H28N4O3. The van der Waals surface area contributed by atoms with E-state index in [4.69, 9.17) is 0 Å². The van der Waals surface area contributed by atoms with E-state index in [2.05, 4.69) is 11.9 Å². The Labute approximate surface area is 147 Å². The molecule has 2 aromatic heterocycles. The monoisotopic (exact) mass is 348 g/mol. The maximum absolute atomic E-state index is 12.9. The third-order valence-corrected chi connectivity index (χ3v) is 4.38. The van der Waals surface area contributed by atoms with Gasteiger partial charge < -0.3 is 9.36 Å². The van der Waals surface area contributed by atoms with E-state index in [-0.39, 0.29) is 17.0 Å². The van der Waals surface area contributed by atoms with E-state index in [0.29, 0.717) is 43.6 Å². The lowest BCUT2D eigenvalue weighted by Crippen LogP contribution is -2.40. The smallest absolute Gasteiger partial charge is 0.325 e. The number of hydrogen-bond acceptors (Lipinski definition) is 4. The van der Waals surface area contributed by atoms with Crippen LogP contribution < -0.4 is 11.2 Å². The summed E-state index contributed by atoms with van der Waals surface area (Å²) in [5, 5.41) is 0. The first kappa shape index (κ1) is 19.1. The van der Waals surface area contributed by atoms with Gasteiger partial charge in [0.1, 0.15) is 5.78 Å². The molecule has 0 bridgehead atoms. The van der Waals surface area contributed by atoms with Crippen molar-refractivity contribution < 1.29 is 4.79 Å². The van der Waals surface area contributed by atoms with Crippen LogP contribution in [0.1, 0.15) is 59.3 Å². The number of ketones is 1. The summed E-state index contributed by atoms with van der Waals surface area (Å²) in [6.45, 7) is 7.19. The molecule has 0 aromatic carbocycles. The Balaban J connectivity index is 2.54. The second-order valence-electron chi connectivity index (χ2n) is 6.51. The Hall–Kier alpha value is -2.18. The number of nitrogens with zero attached hydrogens (tertiary/aromatic N) is 4. The number of hydrogen-bond donors (Lipinski definition) is 0. The highest BCUT2D eigenvalue weighted by molar-refractivity contribution is 5.75. The summed E-state index contributed by atoms with van der Waals surface area (Å²) in [6, 6.07) is 0. The Bertz CT molecular complexity index is 844. The Morgan fingerprint density at radius 1 is 1.00 bits per heavy atom. The van der Waals surface area contributed by atoms with Crippen LogP contribution in [-0.2, 0) is 24.4 Å². The van der Waals surface area contributed by atoms with E-state index in [1.807, 2.05) is 6.92 Å². The average molecular weight is 348 g/mol. The molecule has 0 saturated carbocycles. The van der Waals surface area contributed by atoms with E-state index in [1.165, 1.54) is 4.57 Å². The molecule has 0 aliphatic heterocycles. The maximum atomic E-state index is 12.9. The van der Waals surface area contributed by atoms with Crippen LogP contribution in [0.3, 0.4) is 0 Å². The number of aromatic nitrogens is 4. The summed E-state index contributed by atoms with van der Waals surface area (Å²) < 4.78 is 4.74. The number of imidazole rings is 1. The van der Waals surface area contributed by atoms with Gasteiger partial charge in [-0.1, -0.05) is 26.7 Å². The molecule has 0 fully saturated rings. The quantitative estimate of drug-likeness (QED) is 0.660. The maximum Gasteiger partial charge on any atom is 0.332 e. The molecular weight excluding hydrogens is 320 g/mol. The van der Waals surface area contributed by atoms with E-state index in [1.54, 1.807) is 22.4 Å². The summed E-state index contributed by atoms with van der Waals surface area (Å²) in [7, 11) is 0. The molecule has 7 nitrogen and oxygen atoms in total. The highest BCUT2D eigenvalue weighted by Crippen LogP contribution is 2.10. The normalized spacial score (nSPS) is 11.3. The van der Waals surface area contributed by atoms with Gasteiger partial charge in [-0.25, -0.2) is 9.78 Å². The van der Waals surface area contributed by atoms with Gasteiger partial charge in [0.15, 0.2) is 11.2 Å². The summed E-state index contributed by atoms with van der Waals surface area (Å²) in [5.74, 6) is 0.129. The lowest BCUT2D eigenvalue weighted by Gasteiger charge is -2.12. The number of fused-ring (bicyclic) bond motifs is 1. The predicted octanol–water partition coefficient (Wildman–Crippen LogP) is 2.33. The summed E-state index contributed by atoms with van der Waals surface area (Å²) in [4.78, 5) is 41.1. The van der Waals surface area contributed by atoms with Crippen molar-refractivity contribution in [3.05, 3.63) is 27.2 Å². The Morgan fingerprint density at radius 2 is 1.64 bits per heavy atom. The molecule has 7 heteroatoms. The molecule has 0 unspecified atom stereocenters. The van der Waals surface area contributed by atoms with Crippen molar-refractivity contribution in [1.29, 1.82) is 0 Å². The second kappa shape index (κ2) is 8.78. The van der Waals surface area contributed by atoms with Gasteiger partial charge in [-0.05, 0) is 26.2 Å². The topological polar surface area (TPSA) is 78.9 Å². The van der Waals surface area contributed by atoms with E-state index >= 15 is 0 Å². The van der Waals surface area contributed by atoms with Crippen LogP contribution >= 0.6 is 0 Å². The first-order valence-electron chi connectivity index (χ1n) is 9.19. The minimum atomic E-state index is -0.276.